The molecule has 3 N–H and O–H groups in total. The van der Waals surface area contributed by atoms with Gasteiger partial charge in [0.25, 0.3) is 5.24 Å². The van der Waals surface area contributed by atoms with Gasteiger partial charge in [-0.15, -0.1) is 0 Å². The van der Waals surface area contributed by atoms with Crippen LogP contribution in [0.1, 0.15) is 5.56 Å². The number of ether oxygens (including phenoxy) is 2. The molecule has 0 aromatic heterocycles. The first-order valence-electron chi connectivity index (χ1n) is 4.38. The molecule has 0 radical (unpaired) electrons. The van der Waals surface area contributed by atoms with Gasteiger partial charge < -0.3 is 15.2 Å². The molecular weight excluding hydrogens is 232 g/mol. The standard InChI is InChI=1S/C10H11ClN2O3/c1-15-8-4-6(10(12)13)2-3-7(8)16-5-9(11)14/h2-4H,5H2,1H3,(H3,12,13). The van der Waals surface area contributed by atoms with E-state index < -0.39 is 5.24 Å². The van der Waals surface area contributed by atoms with Crippen LogP contribution in [0.25, 0.3) is 0 Å². The van der Waals surface area contributed by atoms with Crippen LogP contribution < -0.4 is 15.2 Å². The predicted molar refractivity (Wildman–Crippen MR) is 60.4 cm³/mol. The number of hydrogen-bond donors (Lipinski definition) is 2. The summed E-state index contributed by atoms with van der Waals surface area (Å²) >= 11 is 5.15. The number of nitrogens with two attached hydrogens (primary N) is 1. The molecule has 0 aliphatic rings. The lowest BCUT2D eigenvalue weighted by Crippen LogP contribution is -2.11. The Labute approximate surface area is 97.6 Å². The molecule has 0 bridgehead atoms. The summed E-state index contributed by atoms with van der Waals surface area (Å²) in [5.41, 5.74) is 5.84. The van der Waals surface area contributed by atoms with Crippen molar-refractivity contribution in [3.05, 3.63) is 23.8 Å². The smallest absolute Gasteiger partial charge is 0.259 e. The summed E-state index contributed by atoms with van der Waals surface area (Å²) in [6.07, 6.45) is 0. The van der Waals surface area contributed by atoms with Crippen LogP contribution in [0.15, 0.2) is 18.2 Å². The molecule has 0 heterocycles. The highest BCUT2D eigenvalue weighted by Gasteiger charge is 2.08. The second-order valence-corrected chi connectivity index (χ2v) is 3.34. The molecule has 16 heavy (non-hydrogen) atoms. The van der Waals surface area contributed by atoms with E-state index in [1.54, 1.807) is 18.2 Å². The third-order valence-corrected chi connectivity index (χ3v) is 1.92. The van der Waals surface area contributed by atoms with Gasteiger partial charge in [-0.2, -0.15) is 0 Å². The van der Waals surface area contributed by atoms with Gasteiger partial charge in [-0.25, -0.2) is 0 Å². The molecule has 0 unspecified atom stereocenters. The van der Waals surface area contributed by atoms with Crippen LogP contribution in [-0.4, -0.2) is 24.8 Å². The number of carbonyl (C=O) groups is 1. The van der Waals surface area contributed by atoms with Crippen LogP contribution >= 0.6 is 11.6 Å². The van der Waals surface area contributed by atoms with Crippen molar-refractivity contribution in [2.75, 3.05) is 13.7 Å². The van der Waals surface area contributed by atoms with Gasteiger partial charge in [0, 0.05) is 5.56 Å². The highest BCUT2D eigenvalue weighted by molar-refractivity contribution is 6.63. The number of hydrogen-bond acceptors (Lipinski definition) is 4. The maximum atomic E-state index is 10.5. The summed E-state index contributed by atoms with van der Waals surface area (Å²) in [4.78, 5) is 10.5. The first kappa shape index (κ1) is 12.3. The van der Waals surface area contributed by atoms with Crippen LogP contribution in [0.3, 0.4) is 0 Å². The number of rotatable bonds is 5. The third kappa shape index (κ3) is 3.13. The molecule has 0 saturated heterocycles. The molecule has 0 aliphatic carbocycles. The molecular formula is C10H11ClN2O3. The van der Waals surface area contributed by atoms with Crippen molar-refractivity contribution in [3.63, 3.8) is 0 Å². The van der Waals surface area contributed by atoms with Crippen molar-refractivity contribution in [1.82, 2.24) is 0 Å². The Balaban J connectivity index is 2.93. The lowest BCUT2D eigenvalue weighted by Gasteiger charge is -2.10. The molecule has 1 aromatic carbocycles. The molecule has 86 valence electrons. The number of nitrogens with one attached hydrogen (secondary N) is 1. The first-order chi connectivity index (χ1) is 7.54. The van der Waals surface area contributed by atoms with E-state index in [1.807, 2.05) is 0 Å². The molecule has 0 aliphatic heterocycles. The third-order valence-electron chi connectivity index (χ3n) is 1.82. The molecule has 1 rings (SSSR count). The summed E-state index contributed by atoms with van der Waals surface area (Å²) in [6.45, 7) is -0.239. The molecule has 0 fully saturated rings. The molecule has 1 aromatic rings. The Morgan fingerprint density at radius 1 is 1.50 bits per heavy atom. The molecule has 0 amide bonds. The summed E-state index contributed by atoms with van der Waals surface area (Å²) in [5.74, 6) is 0.699. The fourth-order valence-corrected chi connectivity index (χ4v) is 1.14. The van der Waals surface area contributed by atoms with Gasteiger partial charge in [-0.3, -0.25) is 10.2 Å². The van der Waals surface area contributed by atoms with Gasteiger partial charge in [0.05, 0.1) is 7.11 Å². The maximum Gasteiger partial charge on any atom is 0.259 e. The minimum absolute atomic E-state index is 0.0710. The molecule has 5 nitrogen and oxygen atoms in total. The SMILES string of the molecule is COc1cc(C(=N)N)ccc1OCC(=O)Cl. The van der Waals surface area contributed by atoms with Gasteiger partial charge in [-0.1, -0.05) is 0 Å². The molecule has 0 spiro atoms. The molecule has 0 saturated carbocycles. The Morgan fingerprint density at radius 3 is 2.69 bits per heavy atom. The van der Waals surface area contributed by atoms with E-state index in [-0.39, 0.29) is 12.4 Å². The number of benzene rings is 1. The Hall–Kier alpha value is -1.75. The van der Waals surface area contributed by atoms with E-state index in [9.17, 15) is 4.79 Å². The van der Waals surface area contributed by atoms with Gasteiger partial charge in [0.2, 0.25) is 0 Å². The van der Waals surface area contributed by atoms with E-state index in [1.165, 1.54) is 7.11 Å². The maximum absolute atomic E-state index is 10.5. The van der Waals surface area contributed by atoms with Crippen LogP contribution in [0, 0.1) is 5.41 Å². The van der Waals surface area contributed by atoms with Gasteiger partial charge in [0.1, 0.15) is 5.84 Å². The number of carbonyl (C=O) groups excluding carboxylic acids is 1. The molecule has 6 heteroatoms. The normalized spacial score (nSPS) is 9.62. The van der Waals surface area contributed by atoms with Crippen LogP contribution in [0.5, 0.6) is 11.5 Å². The van der Waals surface area contributed by atoms with Crippen molar-refractivity contribution in [2.45, 2.75) is 0 Å². The highest BCUT2D eigenvalue weighted by Crippen LogP contribution is 2.27. The van der Waals surface area contributed by atoms with Crippen molar-refractivity contribution >= 4 is 22.7 Å². The zero-order valence-corrected chi connectivity index (χ0v) is 9.38. The Bertz CT molecular complexity index is 421. The predicted octanol–water partition coefficient (Wildman–Crippen LogP) is 1.12. The quantitative estimate of drug-likeness (QED) is 0.460. The average molecular weight is 243 g/mol. The van der Waals surface area contributed by atoms with Crippen LogP contribution in [0.2, 0.25) is 0 Å². The lowest BCUT2D eigenvalue weighted by molar-refractivity contribution is -0.113. The second kappa shape index (κ2) is 5.37. The fraction of sp³-hybridized carbons (Fsp3) is 0.200. The van der Waals surface area contributed by atoms with E-state index in [0.29, 0.717) is 17.1 Å². The number of halogens is 1. The van der Waals surface area contributed by atoms with Crippen molar-refractivity contribution in [1.29, 1.82) is 5.41 Å². The highest BCUT2D eigenvalue weighted by atomic mass is 35.5. The molecule has 0 atom stereocenters. The summed E-state index contributed by atoms with van der Waals surface area (Å²) in [7, 11) is 1.45. The Kier molecular flexibility index (Phi) is 4.13. The van der Waals surface area contributed by atoms with Crippen LogP contribution in [0.4, 0.5) is 0 Å². The van der Waals surface area contributed by atoms with E-state index >= 15 is 0 Å². The van der Waals surface area contributed by atoms with E-state index in [0.717, 1.165) is 0 Å². The van der Waals surface area contributed by atoms with E-state index in [4.69, 9.17) is 32.2 Å². The van der Waals surface area contributed by atoms with Crippen molar-refractivity contribution < 1.29 is 14.3 Å². The Morgan fingerprint density at radius 2 is 2.19 bits per heavy atom. The summed E-state index contributed by atoms with van der Waals surface area (Å²) in [5, 5.41) is 6.65. The van der Waals surface area contributed by atoms with Crippen molar-refractivity contribution in [3.8, 4) is 11.5 Å². The summed E-state index contributed by atoms with van der Waals surface area (Å²) in [6, 6.07) is 4.71. The zero-order chi connectivity index (χ0) is 12.1. The van der Waals surface area contributed by atoms with Gasteiger partial charge >= 0.3 is 0 Å². The van der Waals surface area contributed by atoms with Gasteiger partial charge in [0.15, 0.2) is 18.1 Å². The summed E-state index contributed by atoms with van der Waals surface area (Å²) < 4.78 is 10.1. The lowest BCUT2D eigenvalue weighted by atomic mass is 10.2. The first-order valence-corrected chi connectivity index (χ1v) is 4.76. The number of methoxy groups -OCH3 is 1. The second-order valence-electron chi connectivity index (χ2n) is 2.92. The van der Waals surface area contributed by atoms with Crippen LogP contribution in [-0.2, 0) is 4.79 Å². The van der Waals surface area contributed by atoms with Crippen molar-refractivity contribution in [2.24, 2.45) is 5.73 Å². The minimum atomic E-state index is -0.599. The minimum Gasteiger partial charge on any atom is -0.493 e. The average Bonchev–Trinajstić information content (AvgIpc) is 2.25. The number of nitrogen functional groups attached to an aromatic ring is 1. The largest absolute Gasteiger partial charge is 0.493 e. The monoisotopic (exact) mass is 242 g/mol. The topological polar surface area (TPSA) is 85.4 Å². The number of amidine groups is 1. The van der Waals surface area contributed by atoms with E-state index in [2.05, 4.69) is 0 Å². The fourth-order valence-electron chi connectivity index (χ4n) is 1.09. The zero-order valence-electron chi connectivity index (χ0n) is 8.62. The van der Waals surface area contributed by atoms with Gasteiger partial charge in [-0.05, 0) is 29.8 Å².